The molecule has 7 nitrogen and oxygen atoms in total. The second kappa shape index (κ2) is 10.6. The van der Waals surface area contributed by atoms with Gasteiger partial charge in [-0.3, -0.25) is 9.69 Å². The van der Waals surface area contributed by atoms with Crippen molar-refractivity contribution in [3.8, 4) is 0 Å². The Morgan fingerprint density at radius 1 is 0.935 bits per heavy atom. The monoisotopic (exact) mass is 439 g/mol. The highest BCUT2D eigenvalue weighted by molar-refractivity contribution is 5.80. The Labute approximate surface area is 187 Å². The molecule has 7 heteroatoms. The lowest BCUT2D eigenvalue weighted by atomic mass is 9.84. The van der Waals surface area contributed by atoms with Crippen molar-refractivity contribution in [2.75, 3.05) is 20.2 Å². The summed E-state index contributed by atoms with van der Waals surface area (Å²) < 4.78 is 23.8. The summed E-state index contributed by atoms with van der Waals surface area (Å²) in [5.41, 5.74) is -1.50. The maximum absolute atomic E-state index is 13.3. The maximum atomic E-state index is 13.3. The van der Waals surface area contributed by atoms with E-state index in [1.807, 2.05) is 20.8 Å². The topological polar surface area (TPSA) is 74.3 Å². The highest BCUT2D eigenvalue weighted by atomic mass is 16.7. The summed E-state index contributed by atoms with van der Waals surface area (Å²) in [6.07, 6.45) is 9.18. The van der Waals surface area contributed by atoms with E-state index in [0.717, 1.165) is 70.9 Å². The lowest BCUT2D eigenvalue weighted by Gasteiger charge is -2.42. The molecule has 1 aliphatic heterocycles. The number of methoxy groups -OCH3 is 1. The summed E-state index contributed by atoms with van der Waals surface area (Å²) in [7, 11) is 1.45. The quantitative estimate of drug-likeness (QED) is 0.435. The van der Waals surface area contributed by atoms with Gasteiger partial charge < -0.3 is 18.9 Å². The van der Waals surface area contributed by atoms with Crippen LogP contribution in [0.15, 0.2) is 0 Å². The third-order valence-electron chi connectivity index (χ3n) is 6.71. The number of hydrogen-bond acceptors (Lipinski definition) is 7. The molecule has 0 spiro atoms. The number of ether oxygens (including phenoxy) is 4. The van der Waals surface area contributed by atoms with Crippen molar-refractivity contribution in [3.05, 3.63) is 0 Å². The molecule has 31 heavy (non-hydrogen) atoms. The fourth-order valence-electron chi connectivity index (χ4n) is 4.96. The molecule has 0 N–H and O–H groups in total. The van der Waals surface area contributed by atoms with Gasteiger partial charge in [-0.25, -0.2) is 4.79 Å². The number of esters is 2. The molecule has 0 aromatic carbocycles. The molecule has 1 unspecified atom stereocenters. The molecule has 0 radical (unpaired) electrons. The summed E-state index contributed by atoms with van der Waals surface area (Å²) in [6, 6.07) is 0. The Morgan fingerprint density at radius 3 is 2.10 bits per heavy atom. The molecule has 1 heterocycles. The Morgan fingerprint density at radius 2 is 1.55 bits per heavy atom. The molecule has 1 atom stereocenters. The highest BCUT2D eigenvalue weighted by Gasteiger charge is 2.47. The first kappa shape index (κ1) is 24.5. The van der Waals surface area contributed by atoms with Crippen molar-refractivity contribution >= 4 is 11.9 Å². The van der Waals surface area contributed by atoms with E-state index >= 15 is 0 Å². The van der Waals surface area contributed by atoms with Gasteiger partial charge in [0.1, 0.15) is 5.60 Å². The Hall–Kier alpha value is -1.18. The van der Waals surface area contributed by atoms with Crippen LogP contribution in [0.25, 0.3) is 0 Å². The van der Waals surface area contributed by atoms with Crippen LogP contribution in [-0.4, -0.2) is 60.8 Å². The van der Waals surface area contributed by atoms with Crippen molar-refractivity contribution < 1.29 is 28.5 Å². The molecule has 2 aliphatic carbocycles. The van der Waals surface area contributed by atoms with Gasteiger partial charge in [0.05, 0.1) is 19.1 Å². The zero-order valence-electron chi connectivity index (χ0n) is 19.8. The average Bonchev–Trinajstić information content (AvgIpc) is 3.27. The molecule has 3 aliphatic rings. The van der Waals surface area contributed by atoms with Gasteiger partial charge in [0.2, 0.25) is 6.41 Å². The minimum absolute atomic E-state index is 0.0192. The van der Waals surface area contributed by atoms with Crippen LogP contribution in [0.4, 0.5) is 0 Å². The molecule has 0 aromatic rings. The number of nitrogens with zero attached hydrogens (tertiary/aromatic N) is 1. The number of hydrogen-bond donors (Lipinski definition) is 0. The largest absolute Gasteiger partial charge is 0.469 e. The standard InChI is InChI=1S/C24H41NO6/c1-23(2,3)30-21(27)24(14-6-5-7-15-24)31-22(25-16-8-9-17-25)29-19-12-10-18(11-13-19)20(26)28-4/h18-19,22H,5-17H2,1-4H3. The second-order valence-corrected chi connectivity index (χ2v) is 10.4. The van der Waals surface area contributed by atoms with E-state index in [1.165, 1.54) is 7.11 Å². The zero-order valence-corrected chi connectivity index (χ0v) is 19.8. The third-order valence-corrected chi connectivity index (χ3v) is 6.71. The van der Waals surface area contributed by atoms with Crippen LogP contribution in [0, 0.1) is 5.92 Å². The molecular formula is C24H41NO6. The van der Waals surface area contributed by atoms with Crippen molar-refractivity contribution in [2.45, 2.75) is 115 Å². The van der Waals surface area contributed by atoms with Crippen molar-refractivity contribution in [1.29, 1.82) is 0 Å². The zero-order chi connectivity index (χ0) is 22.5. The summed E-state index contributed by atoms with van der Waals surface area (Å²) in [6.45, 7) is 7.51. The van der Waals surface area contributed by atoms with E-state index in [9.17, 15) is 9.59 Å². The normalized spacial score (nSPS) is 28.1. The molecule has 0 amide bonds. The average molecular weight is 440 g/mol. The SMILES string of the molecule is COC(=O)C1CCC(OC(OC2(C(=O)OC(C)(C)C)CCCCC2)N2CCCC2)CC1. The predicted molar refractivity (Wildman–Crippen MR) is 116 cm³/mol. The van der Waals surface area contributed by atoms with Gasteiger partial charge in [0.15, 0.2) is 5.60 Å². The van der Waals surface area contributed by atoms with Crippen LogP contribution in [0.2, 0.25) is 0 Å². The first-order valence-electron chi connectivity index (χ1n) is 12.1. The van der Waals surface area contributed by atoms with E-state index in [1.54, 1.807) is 0 Å². The van der Waals surface area contributed by atoms with Crippen LogP contribution in [0.1, 0.15) is 91.4 Å². The first-order chi connectivity index (χ1) is 14.7. The van der Waals surface area contributed by atoms with E-state index in [4.69, 9.17) is 18.9 Å². The van der Waals surface area contributed by atoms with Crippen LogP contribution >= 0.6 is 0 Å². The summed E-state index contributed by atoms with van der Waals surface area (Å²) in [4.78, 5) is 27.3. The molecule has 0 bridgehead atoms. The molecule has 2 saturated carbocycles. The summed E-state index contributed by atoms with van der Waals surface area (Å²) in [5.74, 6) is -0.429. The van der Waals surface area contributed by atoms with Gasteiger partial charge in [0, 0.05) is 13.1 Å². The van der Waals surface area contributed by atoms with Gasteiger partial charge in [-0.15, -0.1) is 0 Å². The molecule has 1 saturated heterocycles. The maximum Gasteiger partial charge on any atom is 0.339 e. The first-order valence-corrected chi connectivity index (χ1v) is 12.1. The number of carbonyl (C=O) groups excluding carboxylic acids is 2. The van der Waals surface area contributed by atoms with E-state index < -0.39 is 17.6 Å². The second-order valence-electron chi connectivity index (χ2n) is 10.4. The van der Waals surface area contributed by atoms with E-state index in [0.29, 0.717) is 12.8 Å². The fraction of sp³-hybridized carbons (Fsp3) is 0.917. The molecule has 0 aromatic heterocycles. The van der Waals surface area contributed by atoms with Crippen LogP contribution in [0.3, 0.4) is 0 Å². The smallest absolute Gasteiger partial charge is 0.339 e. The van der Waals surface area contributed by atoms with Gasteiger partial charge >= 0.3 is 11.9 Å². The van der Waals surface area contributed by atoms with E-state index in [-0.39, 0.29) is 24.0 Å². The van der Waals surface area contributed by atoms with Crippen LogP contribution < -0.4 is 0 Å². The molecular weight excluding hydrogens is 398 g/mol. The molecule has 178 valence electrons. The lowest BCUT2D eigenvalue weighted by molar-refractivity contribution is -0.295. The predicted octanol–water partition coefficient (Wildman–Crippen LogP) is 4.18. The fourth-order valence-corrected chi connectivity index (χ4v) is 4.96. The van der Waals surface area contributed by atoms with Crippen LogP contribution in [0.5, 0.6) is 0 Å². The summed E-state index contributed by atoms with van der Waals surface area (Å²) >= 11 is 0. The third kappa shape index (κ3) is 6.65. The summed E-state index contributed by atoms with van der Waals surface area (Å²) in [5, 5.41) is 0. The Bertz CT molecular complexity index is 596. The Kier molecular flexibility index (Phi) is 8.38. The molecule has 3 fully saturated rings. The van der Waals surface area contributed by atoms with Gasteiger partial charge in [-0.1, -0.05) is 6.42 Å². The van der Waals surface area contributed by atoms with E-state index in [2.05, 4.69) is 4.90 Å². The highest BCUT2D eigenvalue weighted by Crippen LogP contribution is 2.37. The molecule has 3 rings (SSSR count). The Balaban J connectivity index is 1.70. The van der Waals surface area contributed by atoms with Gasteiger partial charge in [0.25, 0.3) is 0 Å². The van der Waals surface area contributed by atoms with Gasteiger partial charge in [-0.2, -0.15) is 0 Å². The van der Waals surface area contributed by atoms with Gasteiger partial charge in [-0.05, 0) is 85.0 Å². The van der Waals surface area contributed by atoms with Crippen LogP contribution in [-0.2, 0) is 28.5 Å². The minimum Gasteiger partial charge on any atom is -0.469 e. The minimum atomic E-state index is -0.942. The number of likely N-dealkylation sites (tertiary alicyclic amines) is 1. The van der Waals surface area contributed by atoms with Crippen molar-refractivity contribution in [1.82, 2.24) is 4.90 Å². The lowest BCUT2D eigenvalue weighted by Crippen LogP contribution is -2.53. The van der Waals surface area contributed by atoms with Crippen molar-refractivity contribution in [2.24, 2.45) is 5.92 Å². The number of carbonyl (C=O) groups is 2. The van der Waals surface area contributed by atoms with Crippen molar-refractivity contribution in [3.63, 3.8) is 0 Å². The number of rotatable bonds is 7.